The molecule has 0 aromatic carbocycles. The molecule has 2 N–H and O–H groups in total. The molecule has 0 atom stereocenters. The second-order valence-corrected chi connectivity index (χ2v) is 6.06. The molecule has 5 heteroatoms. The van der Waals surface area contributed by atoms with Gasteiger partial charge in [0.2, 0.25) is 0 Å². The highest BCUT2D eigenvalue weighted by Crippen LogP contribution is 2.19. The molecule has 1 aromatic rings. The molecule has 20 heavy (non-hydrogen) atoms. The fraction of sp³-hybridized carbons (Fsp3) is 0.533. The number of pyridine rings is 1. The fourth-order valence-corrected chi connectivity index (χ4v) is 1.67. The smallest absolute Gasteiger partial charge is 0.313 e. The van der Waals surface area contributed by atoms with Crippen LogP contribution in [0, 0.1) is 12.3 Å². The van der Waals surface area contributed by atoms with Gasteiger partial charge in [0, 0.05) is 12.7 Å². The Bertz CT molecular complexity index is 478. The van der Waals surface area contributed by atoms with Gasteiger partial charge in [0.1, 0.15) is 0 Å². The number of carbonyl (C=O) groups is 2. The summed E-state index contributed by atoms with van der Waals surface area (Å²) in [6, 6.07) is 1.77. The van der Waals surface area contributed by atoms with E-state index in [2.05, 4.69) is 36.4 Å². The van der Waals surface area contributed by atoms with Crippen LogP contribution in [0.15, 0.2) is 18.5 Å². The molecule has 110 valence electrons. The van der Waals surface area contributed by atoms with Crippen molar-refractivity contribution in [1.82, 2.24) is 10.3 Å². The molecule has 0 unspecified atom stereocenters. The lowest BCUT2D eigenvalue weighted by molar-refractivity contribution is -0.136. The van der Waals surface area contributed by atoms with Gasteiger partial charge >= 0.3 is 11.8 Å². The molecule has 0 aliphatic heterocycles. The summed E-state index contributed by atoms with van der Waals surface area (Å²) in [7, 11) is 0. The predicted octanol–water partition coefficient (Wildman–Crippen LogP) is 2.27. The van der Waals surface area contributed by atoms with Crippen LogP contribution in [-0.4, -0.2) is 23.3 Å². The Morgan fingerprint density at radius 3 is 2.55 bits per heavy atom. The maximum absolute atomic E-state index is 11.7. The second kappa shape index (κ2) is 7.03. The molecule has 2 amide bonds. The van der Waals surface area contributed by atoms with Crippen molar-refractivity contribution in [3.63, 3.8) is 0 Å². The normalized spacial score (nSPS) is 11.0. The molecule has 0 bridgehead atoms. The molecule has 1 rings (SSSR count). The summed E-state index contributed by atoms with van der Waals surface area (Å²) in [5.41, 5.74) is 1.66. The van der Waals surface area contributed by atoms with Crippen LogP contribution in [0.5, 0.6) is 0 Å². The highest BCUT2D eigenvalue weighted by atomic mass is 16.2. The van der Waals surface area contributed by atoms with Crippen LogP contribution in [0.1, 0.15) is 39.2 Å². The van der Waals surface area contributed by atoms with Crippen molar-refractivity contribution in [2.24, 2.45) is 5.41 Å². The van der Waals surface area contributed by atoms with Gasteiger partial charge in [0.25, 0.3) is 0 Å². The van der Waals surface area contributed by atoms with Gasteiger partial charge in [-0.1, -0.05) is 20.8 Å². The Morgan fingerprint density at radius 1 is 1.25 bits per heavy atom. The molecule has 0 aliphatic rings. The van der Waals surface area contributed by atoms with Gasteiger partial charge in [0.15, 0.2) is 0 Å². The first-order valence-electron chi connectivity index (χ1n) is 6.79. The molecular weight excluding hydrogens is 254 g/mol. The lowest BCUT2D eigenvalue weighted by atomic mass is 9.91. The van der Waals surface area contributed by atoms with Crippen LogP contribution in [0.25, 0.3) is 0 Å². The van der Waals surface area contributed by atoms with Crippen LogP contribution in [0.3, 0.4) is 0 Å². The minimum atomic E-state index is -0.656. The van der Waals surface area contributed by atoms with E-state index < -0.39 is 11.8 Å². The number of aromatic nitrogens is 1. The van der Waals surface area contributed by atoms with E-state index in [1.807, 2.05) is 6.92 Å². The molecule has 1 heterocycles. The van der Waals surface area contributed by atoms with Gasteiger partial charge in [0.05, 0.1) is 11.9 Å². The number of hydrogen-bond donors (Lipinski definition) is 2. The Labute approximate surface area is 120 Å². The van der Waals surface area contributed by atoms with Gasteiger partial charge in [-0.3, -0.25) is 14.6 Å². The number of amides is 2. The third-order valence-electron chi connectivity index (χ3n) is 2.88. The highest BCUT2D eigenvalue weighted by molar-refractivity contribution is 6.39. The maximum Gasteiger partial charge on any atom is 0.313 e. The quantitative estimate of drug-likeness (QED) is 0.655. The first kappa shape index (κ1) is 16.1. The summed E-state index contributed by atoms with van der Waals surface area (Å²) in [6.07, 6.45) is 5.02. The number of nitrogens with one attached hydrogen (secondary N) is 2. The van der Waals surface area contributed by atoms with E-state index in [4.69, 9.17) is 0 Å². The first-order chi connectivity index (χ1) is 9.29. The Balaban J connectivity index is 2.37. The third kappa shape index (κ3) is 5.82. The van der Waals surface area contributed by atoms with Gasteiger partial charge in [-0.2, -0.15) is 0 Å². The number of aryl methyl sites for hydroxylation is 1. The molecule has 0 radical (unpaired) electrons. The predicted molar refractivity (Wildman–Crippen MR) is 79.3 cm³/mol. The molecule has 0 saturated heterocycles. The molecule has 0 fully saturated rings. The second-order valence-electron chi connectivity index (χ2n) is 6.06. The zero-order chi connectivity index (χ0) is 15.2. The standard InChI is InChI=1S/C15H23N3O2/c1-11-6-9-16-10-12(11)18-14(20)13(19)17-8-5-7-15(2,3)4/h6,9-10H,5,7-8H2,1-4H3,(H,17,19)(H,18,20). The van der Waals surface area contributed by atoms with E-state index in [1.54, 1.807) is 12.3 Å². The SMILES string of the molecule is Cc1ccncc1NC(=O)C(=O)NCCCC(C)(C)C. The van der Waals surface area contributed by atoms with Gasteiger partial charge in [-0.15, -0.1) is 0 Å². The van der Waals surface area contributed by atoms with Crippen LogP contribution in [0.2, 0.25) is 0 Å². The summed E-state index contributed by atoms with van der Waals surface area (Å²) in [5.74, 6) is -1.26. The lowest BCUT2D eigenvalue weighted by Crippen LogP contribution is -2.36. The molecular formula is C15H23N3O2. The van der Waals surface area contributed by atoms with Crippen molar-refractivity contribution < 1.29 is 9.59 Å². The lowest BCUT2D eigenvalue weighted by Gasteiger charge is -2.17. The summed E-state index contributed by atoms with van der Waals surface area (Å²) >= 11 is 0. The molecule has 1 aromatic heterocycles. The number of rotatable bonds is 4. The van der Waals surface area contributed by atoms with Crippen molar-refractivity contribution in [3.8, 4) is 0 Å². The average molecular weight is 277 g/mol. The summed E-state index contributed by atoms with van der Waals surface area (Å²) in [5, 5.41) is 5.18. The van der Waals surface area contributed by atoms with Gasteiger partial charge in [-0.25, -0.2) is 0 Å². The molecule has 0 saturated carbocycles. The zero-order valence-electron chi connectivity index (χ0n) is 12.6. The largest absolute Gasteiger partial charge is 0.348 e. The third-order valence-corrected chi connectivity index (χ3v) is 2.88. The monoisotopic (exact) mass is 277 g/mol. The van der Waals surface area contributed by atoms with Crippen LogP contribution < -0.4 is 10.6 Å². The fourth-order valence-electron chi connectivity index (χ4n) is 1.67. The van der Waals surface area contributed by atoms with Crippen molar-refractivity contribution >= 4 is 17.5 Å². The Morgan fingerprint density at radius 2 is 1.95 bits per heavy atom. The molecule has 0 spiro atoms. The van der Waals surface area contributed by atoms with E-state index in [1.165, 1.54) is 6.20 Å². The highest BCUT2D eigenvalue weighted by Gasteiger charge is 2.15. The minimum Gasteiger partial charge on any atom is -0.348 e. The van der Waals surface area contributed by atoms with E-state index in [0.717, 1.165) is 18.4 Å². The van der Waals surface area contributed by atoms with Crippen molar-refractivity contribution in [2.45, 2.75) is 40.5 Å². The van der Waals surface area contributed by atoms with Crippen molar-refractivity contribution in [2.75, 3.05) is 11.9 Å². The van der Waals surface area contributed by atoms with Crippen LogP contribution in [-0.2, 0) is 9.59 Å². The average Bonchev–Trinajstić information content (AvgIpc) is 2.36. The minimum absolute atomic E-state index is 0.236. The van der Waals surface area contributed by atoms with Gasteiger partial charge < -0.3 is 10.6 Å². The number of carbonyl (C=O) groups excluding carboxylic acids is 2. The number of nitrogens with zero attached hydrogens (tertiary/aromatic N) is 1. The number of anilines is 1. The molecule has 5 nitrogen and oxygen atoms in total. The maximum atomic E-state index is 11.7. The Kier molecular flexibility index (Phi) is 5.67. The van der Waals surface area contributed by atoms with Gasteiger partial charge in [-0.05, 0) is 36.8 Å². The van der Waals surface area contributed by atoms with E-state index in [-0.39, 0.29) is 5.41 Å². The number of hydrogen-bond acceptors (Lipinski definition) is 3. The van der Waals surface area contributed by atoms with E-state index in [0.29, 0.717) is 12.2 Å². The van der Waals surface area contributed by atoms with Crippen molar-refractivity contribution in [3.05, 3.63) is 24.0 Å². The van der Waals surface area contributed by atoms with Crippen LogP contribution >= 0.6 is 0 Å². The summed E-state index contributed by atoms with van der Waals surface area (Å²) < 4.78 is 0. The van der Waals surface area contributed by atoms with E-state index in [9.17, 15) is 9.59 Å². The first-order valence-corrected chi connectivity index (χ1v) is 6.79. The van der Waals surface area contributed by atoms with E-state index >= 15 is 0 Å². The van der Waals surface area contributed by atoms with Crippen molar-refractivity contribution in [1.29, 1.82) is 0 Å². The Hall–Kier alpha value is -1.91. The summed E-state index contributed by atoms with van der Waals surface area (Å²) in [6.45, 7) is 8.79. The summed E-state index contributed by atoms with van der Waals surface area (Å²) in [4.78, 5) is 27.3. The zero-order valence-corrected chi connectivity index (χ0v) is 12.6. The molecule has 0 aliphatic carbocycles. The van der Waals surface area contributed by atoms with Crippen LogP contribution in [0.4, 0.5) is 5.69 Å². The topological polar surface area (TPSA) is 71.1 Å².